The lowest BCUT2D eigenvalue weighted by Gasteiger charge is -2.24. The first-order chi connectivity index (χ1) is 8.60. The van der Waals surface area contributed by atoms with Crippen molar-refractivity contribution in [2.45, 2.75) is 32.3 Å². The fourth-order valence-electron chi connectivity index (χ4n) is 1.01. The second-order valence-corrected chi connectivity index (χ2v) is 3.77. The Hall–Kier alpha value is -0.240. The lowest BCUT2D eigenvalue weighted by molar-refractivity contribution is -0.0568. The van der Waals surface area contributed by atoms with E-state index in [1.807, 2.05) is 13.8 Å². The van der Waals surface area contributed by atoms with Crippen LogP contribution in [0.25, 0.3) is 0 Å². The van der Waals surface area contributed by atoms with E-state index in [1.165, 1.54) is 0 Å². The van der Waals surface area contributed by atoms with Crippen LogP contribution in [-0.2, 0) is 9.47 Å². The molecule has 0 aromatic heterocycles. The highest BCUT2D eigenvalue weighted by Crippen LogP contribution is 2.14. The average molecular weight is 268 g/mol. The van der Waals surface area contributed by atoms with Crippen molar-refractivity contribution in [2.75, 3.05) is 46.2 Å². The lowest BCUT2D eigenvalue weighted by atomic mass is 9.99. The molecule has 0 aromatic rings. The highest BCUT2D eigenvalue weighted by atomic mass is 16.5. The number of aliphatic hydroxyl groups excluding tert-OH is 3. The molecule has 0 atom stereocenters. The van der Waals surface area contributed by atoms with E-state index in [9.17, 15) is 5.11 Å². The van der Waals surface area contributed by atoms with Crippen molar-refractivity contribution in [2.24, 2.45) is 0 Å². The van der Waals surface area contributed by atoms with E-state index in [0.717, 1.165) is 0 Å². The molecule has 112 valence electrons. The van der Waals surface area contributed by atoms with Gasteiger partial charge in [-0.05, 0) is 12.8 Å². The summed E-state index contributed by atoms with van der Waals surface area (Å²) < 4.78 is 9.66. The molecule has 0 aliphatic rings. The van der Waals surface area contributed by atoms with Gasteiger partial charge in [-0.2, -0.15) is 0 Å². The molecule has 0 unspecified atom stereocenters. The maximum atomic E-state index is 9.65. The van der Waals surface area contributed by atoms with E-state index < -0.39 is 5.60 Å². The van der Waals surface area contributed by atoms with Crippen LogP contribution in [0.3, 0.4) is 0 Å². The normalized spacial score (nSPS) is 11.0. The Kier molecular flexibility index (Phi) is 16.5. The summed E-state index contributed by atoms with van der Waals surface area (Å²) in [4.78, 5) is 0. The molecule has 0 aliphatic carbocycles. The van der Waals surface area contributed by atoms with Crippen LogP contribution in [0, 0.1) is 0 Å². The number of rotatable bonds is 10. The quantitative estimate of drug-likeness (QED) is 0.400. The van der Waals surface area contributed by atoms with Gasteiger partial charge in [-0.3, -0.25) is 0 Å². The van der Waals surface area contributed by atoms with Crippen LogP contribution in [0.1, 0.15) is 26.7 Å². The molecule has 0 aliphatic heterocycles. The van der Waals surface area contributed by atoms with E-state index in [0.29, 0.717) is 39.3 Å². The minimum absolute atomic E-state index is 0.0174. The molecule has 18 heavy (non-hydrogen) atoms. The molecule has 0 heterocycles. The van der Waals surface area contributed by atoms with Crippen molar-refractivity contribution in [3.8, 4) is 0 Å². The van der Waals surface area contributed by atoms with Gasteiger partial charge in [-0.1, -0.05) is 13.8 Å². The molecule has 0 radical (unpaired) electrons. The maximum Gasteiger partial charge on any atom is 0.0874 e. The van der Waals surface area contributed by atoms with Gasteiger partial charge in [0.15, 0.2) is 0 Å². The van der Waals surface area contributed by atoms with E-state index in [4.69, 9.17) is 20.1 Å². The molecular weight excluding hydrogens is 240 g/mol. The van der Waals surface area contributed by atoms with Gasteiger partial charge in [0.05, 0.1) is 51.8 Å². The number of hydrogen-bond donors (Lipinski definition) is 4. The molecule has 4 N–H and O–H groups in total. The van der Waals surface area contributed by atoms with Crippen LogP contribution in [0.15, 0.2) is 0 Å². The molecule has 6 nitrogen and oxygen atoms in total. The van der Waals surface area contributed by atoms with Crippen molar-refractivity contribution in [3.05, 3.63) is 0 Å². The van der Waals surface area contributed by atoms with Gasteiger partial charge in [0.1, 0.15) is 0 Å². The monoisotopic (exact) mass is 268 g/mol. The fourth-order valence-corrected chi connectivity index (χ4v) is 1.01. The van der Waals surface area contributed by atoms with Crippen LogP contribution in [0.2, 0.25) is 0 Å². The molecule has 0 saturated carbocycles. The average Bonchev–Trinajstić information content (AvgIpc) is 2.40. The van der Waals surface area contributed by atoms with E-state index in [-0.39, 0.29) is 19.8 Å². The zero-order valence-electron chi connectivity index (χ0n) is 11.5. The zero-order valence-corrected chi connectivity index (χ0v) is 11.5. The van der Waals surface area contributed by atoms with Crippen molar-refractivity contribution < 1.29 is 29.9 Å². The maximum absolute atomic E-state index is 9.65. The van der Waals surface area contributed by atoms with Crippen molar-refractivity contribution in [1.29, 1.82) is 0 Å². The fraction of sp³-hybridized carbons (Fsp3) is 1.00. The van der Waals surface area contributed by atoms with Gasteiger partial charge in [0.2, 0.25) is 0 Å². The molecule has 0 spiro atoms. The van der Waals surface area contributed by atoms with Crippen LogP contribution in [0.5, 0.6) is 0 Å². The smallest absolute Gasteiger partial charge is 0.0874 e. The van der Waals surface area contributed by atoms with Gasteiger partial charge in [0, 0.05) is 0 Å². The summed E-state index contributed by atoms with van der Waals surface area (Å²) >= 11 is 0. The van der Waals surface area contributed by atoms with Gasteiger partial charge >= 0.3 is 0 Å². The summed E-state index contributed by atoms with van der Waals surface area (Å²) in [6.07, 6.45) is 1.38. The van der Waals surface area contributed by atoms with Gasteiger partial charge < -0.3 is 29.9 Å². The number of aliphatic hydroxyl groups is 4. The van der Waals surface area contributed by atoms with Gasteiger partial charge in [-0.15, -0.1) is 0 Å². The Morgan fingerprint density at radius 1 is 0.778 bits per heavy atom. The molecule has 0 rings (SSSR count). The topological polar surface area (TPSA) is 99.4 Å². The summed E-state index contributed by atoms with van der Waals surface area (Å²) in [7, 11) is 0. The summed E-state index contributed by atoms with van der Waals surface area (Å²) in [6.45, 7) is 5.19. The van der Waals surface area contributed by atoms with E-state index in [2.05, 4.69) is 4.74 Å². The second-order valence-electron chi connectivity index (χ2n) is 3.77. The van der Waals surface area contributed by atoms with E-state index in [1.54, 1.807) is 0 Å². The van der Waals surface area contributed by atoms with Gasteiger partial charge in [0.25, 0.3) is 0 Å². The third kappa shape index (κ3) is 13.8. The van der Waals surface area contributed by atoms with Crippen molar-refractivity contribution in [1.82, 2.24) is 0 Å². The summed E-state index contributed by atoms with van der Waals surface area (Å²) in [5.74, 6) is 0. The molecule has 0 aromatic carbocycles. The first-order valence-corrected chi connectivity index (χ1v) is 6.30. The standard InChI is InChI=1S/C8H18O3.C4H10O3/c1-3-8(10,4-2)7-11-6-5-9;5-1-3-7-4-2-6/h9-10H,3-7H2,1-2H3;5-6H,1-4H2. The highest BCUT2D eigenvalue weighted by molar-refractivity contribution is 4.73. The SMILES string of the molecule is CCC(O)(CC)COCCO.OCCOCCO. The van der Waals surface area contributed by atoms with E-state index >= 15 is 0 Å². The Morgan fingerprint density at radius 3 is 1.50 bits per heavy atom. The summed E-state index contributed by atoms with van der Waals surface area (Å²) in [5.41, 5.74) is -0.699. The largest absolute Gasteiger partial charge is 0.394 e. The summed E-state index contributed by atoms with van der Waals surface area (Å²) in [6, 6.07) is 0. The van der Waals surface area contributed by atoms with Crippen LogP contribution in [-0.4, -0.2) is 72.3 Å². The Morgan fingerprint density at radius 2 is 1.17 bits per heavy atom. The number of hydrogen-bond acceptors (Lipinski definition) is 6. The molecule has 0 fully saturated rings. The van der Waals surface area contributed by atoms with Gasteiger partial charge in [-0.25, -0.2) is 0 Å². The Balaban J connectivity index is 0. The Bertz CT molecular complexity index is 146. The predicted octanol–water partition coefficient (Wildman–Crippen LogP) is -0.466. The molecule has 0 bridgehead atoms. The third-order valence-corrected chi connectivity index (χ3v) is 2.39. The minimum atomic E-state index is -0.699. The minimum Gasteiger partial charge on any atom is -0.394 e. The predicted molar refractivity (Wildman–Crippen MR) is 68.4 cm³/mol. The van der Waals surface area contributed by atoms with Crippen LogP contribution >= 0.6 is 0 Å². The van der Waals surface area contributed by atoms with Crippen LogP contribution in [0.4, 0.5) is 0 Å². The highest BCUT2D eigenvalue weighted by Gasteiger charge is 2.21. The van der Waals surface area contributed by atoms with Crippen molar-refractivity contribution in [3.63, 3.8) is 0 Å². The molecule has 0 amide bonds. The van der Waals surface area contributed by atoms with Crippen molar-refractivity contribution >= 4 is 0 Å². The Labute approximate surface area is 109 Å². The lowest BCUT2D eigenvalue weighted by Crippen LogP contribution is -2.33. The molecule has 0 saturated heterocycles. The number of ether oxygens (including phenoxy) is 2. The third-order valence-electron chi connectivity index (χ3n) is 2.39. The zero-order chi connectivity index (χ0) is 14.3. The molecular formula is C12H28O6. The molecule has 6 heteroatoms. The first kappa shape index (κ1) is 20.1. The van der Waals surface area contributed by atoms with Crippen LogP contribution < -0.4 is 0 Å². The second kappa shape index (κ2) is 14.8. The summed E-state index contributed by atoms with van der Waals surface area (Å²) in [5, 5.41) is 34.2. The first-order valence-electron chi connectivity index (χ1n) is 6.30.